The van der Waals surface area contributed by atoms with Crippen molar-refractivity contribution in [3.8, 4) is 0 Å². The molecule has 0 unspecified atom stereocenters. The fraction of sp³-hybridized carbons (Fsp3) is 0.500. The van der Waals surface area contributed by atoms with Gasteiger partial charge in [0.1, 0.15) is 0 Å². The van der Waals surface area contributed by atoms with Gasteiger partial charge in [-0.2, -0.15) is 0 Å². The lowest BCUT2D eigenvalue weighted by molar-refractivity contribution is 0.257. The number of likely N-dealkylation sites (tertiary alicyclic amines) is 1. The van der Waals surface area contributed by atoms with Crippen molar-refractivity contribution in [1.29, 1.82) is 0 Å². The van der Waals surface area contributed by atoms with E-state index in [1.54, 1.807) is 0 Å². The van der Waals surface area contributed by atoms with Crippen LogP contribution in [0.15, 0.2) is 47.5 Å². The van der Waals surface area contributed by atoms with Crippen LogP contribution in [0.1, 0.15) is 31.2 Å². The van der Waals surface area contributed by atoms with Crippen molar-refractivity contribution in [2.24, 2.45) is 4.99 Å². The summed E-state index contributed by atoms with van der Waals surface area (Å²) in [5.74, 6) is 1.08. The highest BCUT2D eigenvalue weighted by molar-refractivity contribution is 14.0. The van der Waals surface area contributed by atoms with Gasteiger partial charge in [0.25, 0.3) is 0 Å². The van der Waals surface area contributed by atoms with Gasteiger partial charge in [-0.25, -0.2) is 0 Å². The summed E-state index contributed by atoms with van der Waals surface area (Å²) in [6.07, 6.45) is 5.53. The number of benzene rings is 2. The first-order chi connectivity index (χ1) is 12.9. The lowest BCUT2D eigenvalue weighted by Crippen LogP contribution is -2.42. The zero-order chi connectivity index (χ0) is 17.6. The highest BCUT2D eigenvalue weighted by Crippen LogP contribution is 2.16. The highest BCUT2D eigenvalue weighted by Gasteiger charge is 2.18. The summed E-state index contributed by atoms with van der Waals surface area (Å²) in [4.78, 5) is 9.74. The number of nitrogens with one attached hydrogen (secondary N) is 1. The van der Waals surface area contributed by atoms with Crippen LogP contribution in [-0.4, -0.2) is 55.0 Å². The van der Waals surface area contributed by atoms with E-state index in [0.717, 1.165) is 38.7 Å². The molecule has 0 aliphatic carbocycles. The minimum atomic E-state index is 0. The Labute approximate surface area is 180 Å². The zero-order valence-electron chi connectivity index (χ0n) is 16.1. The predicted octanol–water partition coefficient (Wildman–Crippen LogP) is 4.10. The number of nitrogens with zero attached hydrogens (tertiary/aromatic N) is 3. The summed E-state index contributed by atoms with van der Waals surface area (Å²) in [6, 6.07) is 15.2. The van der Waals surface area contributed by atoms with Crippen LogP contribution >= 0.6 is 24.0 Å². The summed E-state index contributed by atoms with van der Waals surface area (Å²) in [6.45, 7) is 7.59. The molecule has 0 amide bonds. The van der Waals surface area contributed by atoms with E-state index in [0.29, 0.717) is 0 Å². The molecule has 0 atom stereocenters. The van der Waals surface area contributed by atoms with E-state index in [4.69, 9.17) is 0 Å². The van der Waals surface area contributed by atoms with E-state index < -0.39 is 0 Å². The van der Waals surface area contributed by atoms with E-state index in [1.807, 2.05) is 0 Å². The van der Waals surface area contributed by atoms with Crippen LogP contribution in [0.25, 0.3) is 10.8 Å². The van der Waals surface area contributed by atoms with Gasteiger partial charge in [-0.15, -0.1) is 24.0 Å². The van der Waals surface area contributed by atoms with Gasteiger partial charge < -0.3 is 15.1 Å². The number of halogens is 1. The Balaban J connectivity index is 0.00000210. The number of hydrogen-bond donors (Lipinski definition) is 1. The van der Waals surface area contributed by atoms with Crippen LogP contribution in [0.5, 0.6) is 0 Å². The van der Waals surface area contributed by atoms with Gasteiger partial charge in [0.15, 0.2) is 5.96 Å². The molecule has 0 saturated carbocycles. The Morgan fingerprint density at radius 1 is 0.852 bits per heavy atom. The lowest BCUT2D eigenvalue weighted by atomic mass is 10.1. The quantitative estimate of drug-likeness (QED) is 0.657. The molecule has 4 rings (SSSR count). The van der Waals surface area contributed by atoms with Crippen molar-refractivity contribution in [3.63, 3.8) is 0 Å². The third kappa shape index (κ3) is 5.57. The van der Waals surface area contributed by atoms with Crippen LogP contribution < -0.4 is 5.32 Å². The van der Waals surface area contributed by atoms with E-state index in [-0.39, 0.29) is 24.0 Å². The normalized spacial score (nSPS) is 18.1. The predicted molar refractivity (Wildman–Crippen MR) is 125 cm³/mol. The van der Waals surface area contributed by atoms with Gasteiger partial charge in [0, 0.05) is 26.2 Å². The van der Waals surface area contributed by atoms with Crippen LogP contribution in [0.3, 0.4) is 0 Å². The molecule has 2 heterocycles. The standard InChI is InChI=1S/C22H30N4.HI/c1-2-6-13-25(12-5-1)15-16-26-14-11-23-22(26)24-18-19-9-10-20-7-3-4-8-21(20)17-19;/h3-4,7-10,17H,1-2,5-6,11-16,18H2,(H,23,24);1H. The fourth-order valence-corrected chi connectivity index (χ4v) is 4.02. The molecule has 2 aromatic rings. The van der Waals surface area contributed by atoms with Gasteiger partial charge in [0.05, 0.1) is 6.54 Å². The first kappa shape index (κ1) is 20.4. The second-order valence-corrected chi connectivity index (χ2v) is 7.48. The van der Waals surface area contributed by atoms with E-state index >= 15 is 0 Å². The molecule has 2 aliphatic heterocycles. The first-order valence-electron chi connectivity index (χ1n) is 10.1. The van der Waals surface area contributed by atoms with Gasteiger partial charge in [-0.1, -0.05) is 49.2 Å². The van der Waals surface area contributed by atoms with Crippen molar-refractivity contribution in [1.82, 2.24) is 15.1 Å². The lowest BCUT2D eigenvalue weighted by Gasteiger charge is -2.26. The molecule has 146 valence electrons. The topological polar surface area (TPSA) is 30.9 Å². The molecule has 2 aliphatic rings. The summed E-state index contributed by atoms with van der Waals surface area (Å²) < 4.78 is 0. The number of fused-ring (bicyclic) bond motifs is 1. The average Bonchev–Trinajstić information content (AvgIpc) is 2.97. The van der Waals surface area contributed by atoms with Gasteiger partial charge >= 0.3 is 0 Å². The van der Waals surface area contributed by atoms with E-state index in [9.17, 15) is 0 Å². The minimum Gasteiger partial charge on any atom is -0.352 e. The van der Waals surface area contributed by atoms with Crippen LogP contribution in [0.4, 0.5) is 0 Å². The first-order valence-corrected chi connectivity index (χ1v) is 10.1. The molecule has 0 bridgehead atoms. The average molecular weight is 478 g/mol. The molecule has 5 heteroatoms. The van der Waals surface area contributed by atoms with Crippen molar-refractivity contribution in [3.05, 3.63) is 48.0 Å². The van der Waals surface area contributed by atoms with Crippen molar-refractivity contribution in [2.45, 2.75) is 32.2 Å². The number of aliphatic imine (C=N–C) groups is 1. The summed E-state index contributed by atoms with van der Waals surface area (Å²) in [7, 11) is 0. The smallest absolute Gasteiger partial charge is 0.194 e. The summed E-state index contributed by atoms with van der Waals surface area (Å²) in [5.41, 5.74) is 1.31. The highest BCUT2D eigenvalue weighted by atomic mass is 127. The molecule has 1 fully saturated rings. The van der Waals surface area contributed by atoms with Crippen LogP contribution in [0, 0.1) is 0 Å². The third-order valence-electron chi connectivity index (χ3n) is 5.58. The second-order valence-electron chi connectivity index (χ2n) is 7.48. The molecule has 2 aromatic carbocycles. The fourth-order valence-electron chi connectivity index (χ4n) is 4.02. The number of guanidine groups is 1. The Kier molecular flexibility index (Phi) is 7.76. The van der Waals surface area contributed by atoms with Gasteiger partial charge in [0.2, 0.25) is 0 Å². The Hall–Kier alpha value is -1.34. The SMILES string of the molecule is I.c1ccc2cc(CNC3=NCCN3CCN3CCCCCC3)ccc2c1. The molecule has 27 heavy (non-hydrogen) atoms. The monoisotopic (exact) mass is 478 g/mol. The minimum absolute atomic E-state index is 0. The molecule has 0 aromatic heterocycles. The maximum Gasteiger partial charge on any atom is 0.194 e. The van der Waals surface area contributed by atoms with Crippen molar-refractivity contribution < 1.29 is 0 Å². The maximum absolute atomic E-state index is 4.69. The molecule has 0 spiro atoms. The zero-order valence-corrected chi connectivity index (χ0v) is 18.4. The second kappa shape index (κ2) is 10.3. The van der Waals surface area contributed by atoms with Crippen molar-refractivity contribution >= 4 is 40.7 Å². The largest absolute Gasteiger partial charge is 0.352 e. The maximum atomic E-state index is 4.69. The number of rotatable bonds is 5. The van der Waals surface area contributed by atoms with E-state index in [1.165, 1.54) is 55.1 Å². The van der Waals surface area contributed by atoms with Crippen LogP contribution in [-0.2, 0) is 6.54 Å². The van der Waals surface area contributed by atoms with Crippen LogP contribution in [0.2, 0.25) is 0 Å². The molecule has 1 saturated heterocycles. The van der Waals surface area contributed by atoms with Gasteiger partial charge in [-0.3, -0.25) is 4.99 Å². The summed E-state index contributed by atoms with van der Waals surface area (Å²) >= 11 is 0. The van der Waals surface area contributed by atoms with Crippen molar-refractivity contribution in [2.75, 3.05) is 39.3 Å². The Morgan fingerprint density at radius 2 is 1.63 bits per heavy atom. The molecular weight excluding hydrogens is 447 g/mol. The molecule has 4 nitrogen and oxygen atoms in total. The van der Waals surface area contributed by atoms with E-state index in [2.05, 4.69) is 62.6 Å². The van der Waals surface area contributed by atoms with Gasteiger partial charge in [-0.05, 0) is 48.3 Å². The summed E-state index contributed by atoms with van der Waals surface area (Å²) in [5, 5.41) is 6.17. The third-order valence-corrected chi connectivity index (χ3v) is 5.58. The Morgan fingerprint density at radius 3 is 2.44 bits per heavy atom. The number of hydrogen-bond acceptors (Lipinski definition) is 4. The molecular formula is C22H31IN4. The molecule has 0 radical (unpaired) electrons. The Bertz CT molecular complexity index is 753. The molecule has 1 N–H and O–H groups in total.